The lowest BCUT2D eigenvalue weighted by atomic mass is 10.3. The summed E-state index contributed by atoms with van der Waals surface area (Å²) in [6.07, 6.45) is 2.00. The number of thiazole rings is 1. The van der Waals surface area contributed by atoms with Gasteiger partial charge in [-0.1, -0.05) is 18.2 Å². The van der Waals surface area contributed by atoms with E-state index in [0.717, 1.165) is 12.2 Å². The highest BCUT2D eigenvalue weighted by Crippen LogP contribution is 2.28. The van der Waals surface area contributed by atoms with Crippen LogP contribution in [-0.2, 0) is 30.5 Å². The first-order chi connectivity index (χ1) is 12.5. The molecule has 26 heavy (non-hydrogen) atoms. The molecule has 0 atom stereocenters. The van der Waals surface area contributed by atoms with Gasteiger partial charge in [-0.05, 0) is 19.1 Å². The second kappa shape index (κ2) is 9.47. The molecular formula is C18H18N2O5S. The Morgan fingerprint density at radius 3 is 2.38 bits per heavy atom. The Bertz CT molecular complexity index is 801. The largest absolute Gasteiger partial charge is 0.463 e. The van der Waals surface area contributed by atoms with Crippen molar-refractivity contribution in [2.45, 2.75) is 20.5 Å². The lowest BCUT2D eigenvalue weighted by molar-refractivity contribution is -0.141. The number of rotatable bonds is 7. The van der Waals surface area contributed by atoms with E-state index in [1.807, 2.05) is 30.3 Å². The zero-order valence-corrected chi connectivity index (χ0v) is 15.2. The Morgan fingerprint density at radius 1 is 1.12 bits per heavy atom. The molecule has 136 valence electrons. The van der Waals surface area contributed by atoms with Crippen LogP contribution in [0.5, 0.6) is 0 Å². The Morgan fingerprint density at radius 2 is 1.77 bits per heavy atom. The van der Waals surface area contributed by atoms with Crippen LogP contribution in [0.25, 0.3) is 0 Å². The molecule has 2 rings (SSSR count). The molecule has 0 unspecified atom stereocenters. The predicted octanol–water partition coefficient (Wildman–Crippen LogP) is 2.99. The highest BCUT2D eigenvalue weighted by Gasteiger charge is 2.17. The maximum Gasteiger partial charge on any atom is 0.331 e. The SMILES string of the molecule is CCOC(=O)/C=C/C(=O)OCc1csc(N(C(C)=O)c2ccccc2)n1. The minimum atomic E-state index is -0.681. The van der Waals surface area contributed by atoms with Gasteiger partial charge in [-0.2, -0.15) is 0 Å². The minimum Gasteiger partial charge on any atom is -0.463 e. The molecule has 0 fully saturated rings. The first-order valence-electron chi connectivity index (χ1n) is 7.83. The second-order valence-electron chi connectivity index (χ2n) is 5.00. The molecule has 0 aliphatic carbocycles. The molecule has 0 N–H and O–H groups in total. The quantitative estimate of drug-likeness (QED) is 0.547. The molecule has 0 aliphatic rings. The number of para-hydroxylation sites is 1. The Balaban J connectivity index is 1.99. The van der Waals surface area contributed by atoms with Crippen LogP contribution in [0.2, 0.25) is 0 Å². The average Bonchev–Trinajstić information content (AvgIpc) is 3.07. The molecule has 1 heterocycles. The van der Waals surface area contributed by atoms with E-state index < -0.39 is 11.9 Å². The summed E-state index contributed by atoms with van der Waals surface area (Å²) >= 11 is 1.27. The maximum atomic E-state index is 12.0. The van der Waals surface area contributed by atoms with E-state index in [1.165, 1.54) is 23.2 Å². The van der Waals surface area contributed by atoms with Crippen molar-refractivity contribution in [2.75, 3.05) is 11.5 Å². The van der Waals surface area contributed by atoms with Gasteiger partial charge in [0.1, 0.15) is 6.61 Å². The van der Waals surface area contributed by atoms with Gasteiger partial charge < -0.3 is 9.47 Å². The number of nitrogens with zero attached hydrogens (tertiary/aromatic N) is 2. The zero-order valence-electron chi connectivity index (χ0n) is 14.4. The van der Waals surface area contributed by atoms with E-state index in [9.17, 15) is 14.4 Å². The summed E-state index contributed by atoms with van der Waals surface area (Å²) < 4.78 is 9.69. The molecule has 0 spiro atoms. The van der Waals surface area contributed by atoms with Crippen molar-refractivity contribution in [1.82, 2.24) is 4.98 Å². The molecule has 2 aromatic rings. The number of carbonyl (C=O) groups excluding carboxylic acids is 3. The van der Waals surface area contributed by atoms with Crippen molar-refractivity contribution < 1.29 is 23.9 Å². The van der Waals surface area contributed by atoms with E-state index in [0.29, 0.717) is 16.5 Å². The summed E-state index contributed by atoms with van der Waals surface area (Å²) in [5.41, 5.74) is 1.21. The second-order valence-corrected chi connectivity index (χ2v) is 5.84. The molecule has 7 nitrogen and oxygen atoms in total. The number of amides is 1. The Labute approximate surface area is 154 Å². The lowest BCUT2D eigenvalue weighted by Gasteiger charge is -2.17. The fourth-order valence-corrected chi connectivity index (χ4v) is 2.86. The first-order valence-corrected chi connectivity index (χ1v) is 8.71. The number of benzene rings is 1. The highest BCUT2D eigenvalue weighted by atomic mass is 32.1. The smallest absolute Gasteiger partial charge is 0.331 e. The van der Waals surface area contributed by atoms with Crippen molar-refractivity contribution >= 4 is 40.0 Å². The molecule has 1 aromatic carbocycles. The number of hydrogen-bond acceptors (Lipinski definition) is 7. The molecule has 0 saturated carbocycles. The van der Waals surface area contributed by atoms with Crippen LogP contribution in [0.1, 0.15) is 19.5 Å². The van der Waals surface area contributed by atoms with Gasteiger partial charge >= 0.3 is 11.9 Å². The fourth-order valence-electron chi connectivity index (χ4n) is 1.99. The number of aromatic nitrogens is 1. The van der Waals surface area contributed by atoms with Gasteiger partial charge in [0.05, 0.1) is 18.0 Å². The summed E-state index contributed by atoms with van der Waals surface area (Å²) in [7, 11) is 0. The molecule has 0 saturated heterocycles. The van der Waals surface area contributed by atoms with Crippen molar-refractivity contribution in [2.24, 2.45) is 0 Å². The van der Waals surface area contributed by atoms with Gasteiger partial charge in [-0.25, -0.2) is 14.6 Å². The maximum absolute atomic E-state index is 12.0. The predicted molar refractivity (Wildman–Crippen MR) is 96.9 cm³/mol. The van der Waals surface area contributed by atoms with Crippen LogP contribution < -0.4 is 4.90 Å². The summed E-state index contributed by atoms with van der Waals surface area (Å²) in [6, 6.07) is 9.14. The molecule has 8 heteroatoms. The molecule has 0 radical (unpaired) electrons. The minimum absolute atomic E-state index is 0.0664. The van der Waals surface area contributed by atoms with Gasteiger partial charge in [0.25, 0.3) is 0 Å². The van der Waals surface area contributed by atoms with E-state index in [-0.39, 0.29) is 19.1 Å². The number of hydrogen-bond donors (Lipinski definition) is 0. The van der Waals surface area contributed by atoms with Gasteiger partial charge in [-0.15, -0.1) is 11.3 Å². The molecule has 0 aliphatic heterocycles. The van der Waals surface area contributed by atoms with Crippen LogP contribution in [0.4, 0.5) is 10.8 Å². The normalized spacial score (nSPS) is 10.5. The number of esters is 2. The number of ether oxygens (including phenoxy) is 2. The van der Waals surface area contributed by atoms with Crippen molar-refractivity contribution in [3.8, 4) is 0 Å². The average molecular weight is 374 g/mol. The van der Waals surface area contributed by atoms with Crippen molar-refractivity contribution in [3.63, 3.8) is 0 Å². The summed E-state index contributed by atoms with van der Waals surface area (Å²) in [5, 5.41) is 2.19. The van der Waals surface area contributed by atoms with E-state index in [1.54, 1.807) is 12.3 Å². The van der Waals surface area contributed by atoms with E-state index >= 15 is 0 Å². The van der Waals surface area contributed by atoms with Crippen LogP contribution in [0.15, 0.2) is 47.9 Å². The Kier molecular flexibility index (Phi) is 7.04. The zero-order chi connectivity index (χ0) is 18.9. The van der Waals surface area contributed by atoms with Crippen LogP contribution in [-0.4, -0.2) is 29.4 Å². The number of anilines is 2. The van der Waals surface area contributed by atoms with Crippen LogP contribution >= 0.6 is 11.3 Å². The lowest BCUT2D eigenvalue weighted by Crippen LogP contribution is -2.22. The highest BCUT2D eigenvalue weighted by molar-refractivity contribution is 7.14. The van der Waals surface area contributed by atoms with E-state index in [4.69, 9.17) is 4.74 Å². The third-order valence-electron chi connectivity index (χ3n) is 3.06. The topological polar surface area (TPSA) is 85.8 Å². The summed E-state index contributed by atoms with van der Waals surface area (Å²) in [5.74, 6) is -1.47. The van der Waals surface area contributed by atoms with Gasteiger partial charge in [0.15, 0.2) is 5.13 Å². The first kappa shape index (κ1) is 19.3. The molecule has 1 amide bonds. The van der Waals surface area contributed by atoms with Crippen molar-refractivity contribution in [3.05, 3.63) is 53.6 Å². The van der Waals surface area contributed by atoms with Gasteiger partial charge in [-0.3, -0.25) is 9.69 Å². The third-order valence-corrected chi connectivity index (χ3v) is 3.94. The fraction of sp³-hybridized carbons (Fsp3) is 0.222. The van der Waals surface area contributed by atoms with Crippen molar-refractivity contribution in [1.29, 1.82) is 0 Å². The summed E-state index contributed by atoms with van der Waals surface area (Å²) in [6.45, 7) is 3.29. The summed E-state index contributed by atoms with van der Waals surface area (Å²) in [4.78, 5) is 40.5. The number of carbonyl (C=O) groups is 3. The molecule has 1 aromatic heterocycles. The standard InChI is InChI=1S/C18H18N2O5S/c1-3-24-16(22)9-10-17(23)25-11-14-12-26-18(19-14)20(13(2)21)15-7-5-4-6-8-15/h4-10,12H,3,11H2,1-2H3/b10-9+. The van der Waals surface area contributed by atoms with Gasteiger partial charge in [0, 0.05) is 24.5 Å². The molecular weight excluding hydrogens is 356 g/mol. The van der Waals surface area contributed by atoms with Gasteiger partial charge in [0.2, 0.25) is 5.91 Å². The third kappa shape index (κ3) is 5.52. The van der Waals surface area contributed by atoms with Crippen LogP contribution in [0.3, 0.4) is 0 Å². The van der Waals surface area contributed by atoms with E-state index in [2.05, 4.69) is 9.72 Å². The molecule has 0 bridgehead atoms. The Hall–Kier alpha value is -3.00. The monoisotopic (exact) mass is 374 g/mol. The van der Waals surface area contributed by atoms with Crippen LogP contribution in [0, 0.1) is 0 Å².